The molecule has 1 aromatic rings. The van der Waals surface area contributed by atoms with E-state index in [1.54, 1.807) is 26.4 Å². The molecule has 0 saturated heterocycles. The first-order valence-corrected chi connectivity index (χ1v) is 5.20. The maximum atomic E-state index is 10.4. The summed E-state index contributed by atoms with van der Waals surface area (Å²) in [5.41, 5.74) is 1.74. The fourth-order valence-corrected chi connectivity index (χ4v) is 1.60. The topological polar surface area (TPSA) is 55.8 Å². The first-order chi connectivity index (χ1) is 8.10. The highest BCUT2D eigenvalue weighted by molar-refractivity contribution is 5.71. The number of carboxylic acid groups (broad SMARTS) is 1. The fourth-order valence-electron chi connectivity index (χ4n) is 1.60. The van der Waals surface area contributed by atoms with Crippen LogP contribution in [0.5, 0.6) is 11.5 Å². The average molecular weight is 236 g/mol. The van der Waals surface area contributed by atoms with Crippen LogP contribution in [0.4, 0.5) is 0 Å². The van der Waals surface area contributed by atoms with Gasteiger partial charge in [-0.25, -0.2) is 0 Å². The number of benzene rings is 1. The van der Waals surface area contributed by atoms with Crippen molar-refractivity contribution in [2.75, 3.05) is 14.2 Å². The lowest BCUT2D eigenvalue weighted by molar-refractivity contribution is -0.135. The molecule has 0 atom stereocenters. The molecule has 0 heterocycles. The highest BCUT2D eigenvalue weighted by atomic mass is 16.5. The third kappa shape index (κ3) is 3.24. The lowest BCUT2D eigenvalue weighted by Crippen LogP contribution is -1.95. The average Bonchev–Trinajstić information content (AvgIpc) is 2.29. The van der Waals surface area contributed by atoms with Gasteiger partial charge in [-0.3, -0.25) is 4.79 Å². The van der Waals surface area contributed by atoms with E-state index >= 15 is 0 Å². The van der Waals surface area contributed by atoms with Crippen LogP contribution in [0.2, 0.25) is 0 Å². The molecule has 1 N–H and O–H groups in total. The van der Waals surface area contributed by atoms with E-state index in [0.29, 0.717) is 5.75 Å². The van der Waals surface area contributed by atoms with Gasteiger partial charge in [-0.2, -0.15) is 0 Å². The Bertz CT molecular complexity index is 435. The van der Waals surface area contributed by atoms with Crippen molar-refractivity contribution < 1.29 is 19.4 Å². The third-order valence-electron chi connectivity index (χ3n) is 2.40. The predicted molar refractivity (Wildman–Crippen MR) is 65.6 cm³/mol. The summed E-state index contributed by atoms with van der Waals surface area (Å²) in [6.07, 6.45) is 3.32. The molecular weight excluding hydrogens is 220 g/mol. The molecule has 1 rings (SSSR count). The molecular formula is C13H16O4. The highest BCUT2D eigenvalue weighted by Gasteiger charge is 2.08. The Kier molecular flexibility index (Phi) is 4.57. The Labute approximate surface area is 100 Å². The summed E-state index contributed by atoms with van der Waals surface area (Å²) < 4.78 is 10.5. The summed E-state index contributed by atoms with van der Waals surface area (Å²) in [6, 6.07) is 3.67. The smallest absolute Gasteiger partial charge is 0.307 e. The number of ether oxygens (including phenoxy) is 2. The monoisotopic (exact) mass is 236 g/mol. The van der Waals surface area contributed by atoms with Gasteiger partial charge in [0.05, 0.1) is 20.6 Å². The molecule has 0 aromatic heterocycles. The van der Waals surface area contributed by atoms with Crippen molar-refractivity contribution in [3.05, 3.63) is 29.3 Å². The Hall–Kier alpha value is -1.97. The molecule has 4 heteroatoms. The molecule has 1 aromatic carbocycles. The second-order valence-electron chi connectivity index (χ2n) is 3.52. The van der Waals surface area contributed by atoms with Crippen LogP contribution >= 0.6 is 0 Å². The number of carbonyl (C=O) groups is 1. The standard InChI is InChI=1S/C13H16O4/c1-9-11(16-2)8-7-10(13(9)17-3)5-4-6-12(14)15/h4-5,7-8H,6H2,1-3H3,(H,14,15)/b5-4+. The van der Waals surface area contributed by atoms with Crippen LogP contribution in [0.3, 0.4) is 0 Å². The molecule has 0 fully saturated rings. The normalized spacial score (nSPS) is 10.5. The van der Waals surface area contributed by atoms with Crippen LogP contribution in [0.25, 0.3) is 6.08 Å². The molecule has 0 saturated carbocycles. The van der Waals surface area contributed by atoms with E-state index in [0.717, 1.165) is 16.9 Å². The lowest BCUT2D eigenvalue weighted by atomic mass is 10.1. The summed E-state index contributed by atoms with van der Waals surface area (Å²) in [5.74, 6) is 0.591. The van der Waals surface area contributed by atoms with E-state index in [1.165, 1.54) is 0 Å². The molecule has 0 radical (unpaired) electrons. The minimum atomic E-state index is -0.856. The van der Waals surface area contributed by atoms with Gasteiger partial charge in [0.25, 0.3) is 0 Å². The number of carboxylic acids is 1. The minimum absolute atomic E-state index is 0.00572. The second-order valence-corrected chi connectivity index (χ2v) is 3.52. The largest absolute Gasteiger partial charge is 0.496 e. The number of methoxy groups -OCH3 is 2. The Morgan fingerprint density at radius 2 is 2.06 bits per heavy atom. The van der Waals surface area contributed by atoms with E-state index in [1.807, 2.05) is 19.1 Å². The quantitative estimate of drug-likeness (QED) is 0.853. The van der Waals surface area contributed by atoms with Crippen molar-refractivity contribution in [3.8, 4) is 11.5 Å². The summed E-state index contributed by atoms with van der Waals surface area (Å²) >= 11 is 0. The van der Waals surface area contributed by atoms with Crippen LogP contribution in [0.15, 0.2) is 18.2 Å². The van der Waals surface area contributed by atoms with Gasteiger partial charge in [0.1, 0.15) is 11.5 Å². The molecule has 0 amide bonds. The predicted octanol–water partition coefficient (Wildman–Crippen LogP) is 2.50. The first kappa shape index (κ1) is 13.1. The maximum absolute atomic E-state index is 10.4. The Balaban J connectivity index is 3.04. The molecule has 0 aliphatic rings. The highest BCUT2D eigenvalue weighted by Crippen LogP contribution is 2.31. The number of hydrogen-bond donors (Lipinski definition) is 1. The zero-order chi connectivity index (χ0) is 12.8. The molecule has 92 valence electrons. The van der Waals surface area contributed by atoms with Crippen LogP contribution in [0.1, 0.15) is 17.5 Å². The van der Waals surface area contributed by atoms with E-state index < -0.39 is 5.97 Å². The van der Waals surface area contributed by atoms with Crippen molar-refractivity contribution in [1.29, 1.82) is 0 Å². The summed E-state index contributed by atoms with van der Waals surface area (Å²) in [6.45, 7) is 1.90. The van der Waals surface area contributed by atoms with Gasteiger partial charge >= 0.3 is 5.97 Å². The van der Waals surface area contributed by atoms with Crippen LogP contribution in [-0.4, -0.2) is 25.3 Å². The third-order valence-corrected chi connectivity index (χ3v) is 2.40. The number of hydrogen-bond acceptors (Lipinski definition) is 3. The maximum Gasteiger partial charge on any atom is 0.307 e. The van der Waals surface area contributed by atoms with E-state index in [9.17, 15) is 4.79 Å². The van der Waals surface area contributed by atoms with E-state index in [2.05, 4.69) is 0 Å². The van der Waals surface area contributed by atoms with Crippen molar-refractivity contribution in [3.63, 3.8) is 0 Å². The SMILES string of the molecule is COc1ccc(/C=C/CC(=O)O)c(OC)c1C. The summed E-state index contributed by atoms with van der Waals surface area (Å²) in [5, 5.41) is 8.55. The van der Waals surface area contributed by atoms with Gasteiger partial charge < -0.3 is 14.6 Å². The van der Waals surface area contributed by atoms with Crippen molar-refractivity contribution >= 4 is 12.0 Å². The van der Waals surface area contributed by atoms with Crippen LogP contribution in [0, 0.1) is 6.92 Å². The van der Waals surface area contributed by atoms with Gasteiger partial charge in [0.15, 0.2) is 0 Å². The Morgan fingerprint density at radius 1 is 1.35 bits per heavy atom. The van der Waals surface area contributed by atoms with Gasteiger partial charge in [0.2, 0.25) is 0 Å². The van der Waals surface area contributed by atoms with Gasteiger partial charge in [-0.15, -0.1) is 0 Å². The lowest BCUT2D eigenvalue weighted by Gasteiger charge is -2.12. The van der Waals surface area contributed by atoms with Gasteiger partial charge in [-0.05, 0) is 19.1 Å². The molecule has 0 aliphatic carbocycles. The molecule has 0 bridgehead atoms. The van der Waals surface area contributed by atoms with E-state index in [4.69, 9.17) is 14.6 Å². The molecule has 17 heavy (non-hydrogen) atoms. The summed E-state index contributed by atoms with van der Waals surface area (Å²) in [4.78, 5) is 10.4. The Morgan fingerprint density at radius 3 is 2.59 bits per heavy atom. The number of rotatable bonds is 5. The molecule has 0 aliphatic heterocycles. The fraction of sp³-hybridized carbons (Fsp3) is 0.308. The number of aliphatic carboxylic acids is 1. The van der Waals surface area contributed by atoms with Crippen LogP contribution in [-0.2, 0) is 4.79 Å². The second kappa shape index (κ2) is 5.94. The summed E-state index contributed by atoms with van der Waals surface area (Å²) in [7, 11) is 3.18. The molecule has 0 unspecified atom stereocenters. The van der Waals surface area contributed by atoms with Crippen molar-refractivity contribution in [1.82, 2.24) is 0 Å². The van der Waals surface area contributed by atoms with Crippen molar-refractivity contribution in [2.24, 2.45) is 0 Å². The zero-order valence-corrected chi connectivity index (χ0v) is 10.2. The van der Waals surface area contributed by atoms with E-state index in [-0.39, 0.29) is 6.42 Å². The first-order valence-electron chi connectivity index (χ1n) is 5.20. The van der Waals surface area contributed by atoms with Gasteiger partial charge in [-0.1, -0.05) is 12.2 Å². The molecule has 0 spiro atoms. The van der Waals surface area contributed by atoms with Gasteiger partial charge in [0, 0.05) is 11.1 Å². The minimum Gasteiger partial charge on any atom is -0.496 e. The van der Waals surface area contributed by atoms with Crippen LogP contribution < -0.4 is 9.47 Å². The molecule has 4 nitrogen and oxygen atoms in total. The zero-order valence-electron chi connectivity index (χ0n) is 10.2. The van der Waals surface area contributed by atoms with Crippen molar-refractivity contribution in [2.45, 2.75) is 13.3 Å².